The molecule has 0 radical (unpaired) electrons. The van der Waals surface area contributed by atoms with Crippen LogP contribution in [-0.4, -0.2) is 38.8 Å². The summed E-state index contributed by atoms with van der Waals surface area (Å²) < 4.78 is 48.2. The first kappa shape index (κ1) is 20.4. The predicted molar refractivity (Wildman–Crippen MR) is 104 cm³/mol. The second-order valence-corrected chi connectivity index (χ2v) is 6.69. The van der Waals surface area contributed by atoms with E-state index in [-0.39, 0.29) is 11.5 Å². The standard InChI is InChI=1S/C18H16F3N5O2S/c1-26(2)17(28)13-11(18(19,20)21)8-9-12(14(13)27)23-16-15(24-29-25-16)22-10-6-4-3-5-7-10/h3-9,27H,1-2H3,(H,22,24)(H,23,25). The second kappa shape index (κ2) is 7.95. The van der Waals surface area contributed by atoms with Gasteiger partial charge in [0.2, 0.25) is 0 Å². The number of hydrogen-bond donors (Lipinski definition) is 3. The first-order valence-electron chi connectivity index (χ1n) is 8.25. The Bertz CT molecular complexity index is 1020. The maximum Gasteiger partial charge on any atom is 0.417 e. The van der Waals surface area contributed by atoms with Crippen molar-refractivity contribution in [2.24, 2.45) is 0 Å². The molecule has 0 spiro atoms. The van der Waals surface area contributed by atoms with Gasteiger partial charge in [-0.25, -0.2) is 0 Å². The highest BCUT2D eigenvalue weighted by atomic mass is 32.1. The molecule has 0 saturated carbocycles. The number of carbonyl (C=O) groups is 1. The van der Waals surface area contributed by atoms with E-state index in [2.05, 4.69) is 19.4 Å². The Labute approximate surface area is 168 Å². The molecular weight excluding hydrogens is 407 g/mol. The van der Waals surface area contributed by atoms with Crippen LogP contribution in [0, 0.1) is 0 Å². The fraction of sp³-hybridized carbons (Fsp3) is 0.167. The molecule has 1 heterocycles. The lowest BCUT2D eigenvalue weighted by Gasteiger charge is -2.19. The van der Waals surface area contributed by atoms with E-state index in [1.807, 2.05) is 18.2 Å². The van der Waals surface area contributed by atoms with Crippen molar-refractivity contribution in [1.29, 1.82) is 0 Å². The third kappa shape index (κ3) is 4.40. The lowest BCUT2D eigenvalue weighted by molar-refractivity contribution is -0.138. The van der Waals surface area contributed by atoms with Crippen LogP contribution in [0.4, 0.5) is 36.2 Å². The summed E-state index contributed by atoms with van der Waals surface area (Å²) in [7, 11) is 2.60. The van der Waals surface area contributed by atoms with Gasteiger partial charge in [-0.15, -0.1) is 0 Å². The Morgan fingerprint density at radius 3 is 2.24 bits per heavy atom. The number of phenolic OH excluding ortho intramolecular Hbond substituents is 1. The highest BCUT2D eigenvalue weighted by Gasteiger charge is 2.38. The monoisotopic (exact) mass is 423 g/mol. The van der Waals surface area contributed by atoms with Crippen molar-refractivity contribution >= 4 is 40.6 Å². The molecule has 2 aromatic carbocycles. The van der Waals surface area contributed by atoms with Crippen molar-refractivity contribution in [2.45, 2.75) is 6.18 Å². The van der Waals surface area contributed by atoms with Crippen LogP contribution in [0.1, 0.15) is 15.9 Å². The molecule has 0 aliphatic rings. The van der Waals surface area contributed by atoms with Crippen molar-refractivity contribution < 1.29 is 23.1 Å². The van der Waals surface area contributed by atoms with Gasteiger partial charge < -0.3 is 20.6 Å². The Hall–Kier alpha value is -3.34. The summed E-state index contributed by atoms with van der Waals surface area (Å²) in [6, 6.07) is 10.8. The first-order chi connectivity index (χ1) is 13.7. The Morgan fingerprint density at radius 1 is 1.03 bits per heavy atom. The summed E-state index contributed by atoms with van der Waals surface area (Å²) in [5, 5.41) is 16.2. The van der Waals surface area contributed by atoms with Gasteiger partial charge in [-0.2, -0.15) is 21.9 Å². The van der Waals surface area contributed by atoms with Gasteiger partial charge in [0.1, 0.15) is 0 Å². The van der Waals surface area contributed by atoms with Crippen molar-refractivity contribution in [2.75, 3.05) is 24.7 Å². The van der Waals surface area contributed by atoms with E-state index in [9.17, 15) is 23.1 Å². The SMILES string of the molecule is CN(C)C(=O)c1c(C(F)(F)F)ccc(Nc2nsnc2Nc2ccccc2)c1O. The Morgan fingerprint density at radius 2 is 1.66 bits per heavy atom. The molecular formula is C18H16F3N5O2S. The van der Waals surface area contributed by atoms with Gasteiger partial charge in [0.15, 0.2) is 17.4 Å². The lowest BCUT2D eigenvalue weighted by atomic mass is 10.0. The number of nitrogens with one attached hydrogen (secondary N) is 2. The zero-order valence-corrected chi connectivity index (χ0v) is 16.1. The highest BCUT2D eigenvalue weighted by Crippen LogP contribution is 2.41. The highest BCUT2D eigenvalue weighted by molar-refractivity contribution is 6.99. The average Bonchev–Trinajstić information content (AvgIpc) is 3.09. The zero-order chi connectivity index (χ0) is 21.2. The van der Waals surface area contributed by atoms with Crippen LogP contribution in [0.3, 0.4) is 0 Å². The summed E-state index contributed by atoms with van der Waals surface area (Å²) in [4.78, 5) is 13.3. The quantitative estimate of drug-likeness (QED) is 0.526. The molecule has 152 valence electrons. The molecule has 0 unspecified atom stereocenters. The topological polar surface area (TPSA) is 90.4 Å². The molecule has 7 nitrogen and oxygen atoms in total. The van der Waals surface area contributed by atoms with Crippen molar-refractivity contribution in [3.8, 4) is 5.75 Å². The predicted octanol–water partition coefficient (Wildman–Crippen LogP) is 4.45. The van der Waals surface area contributed by atoms with Crippen LogP contribution < -0.4 is 10.6 Å². The Kier molecular flexibility index (Phi) is 5.59. The zero-order valence-electron chi connectivity index (χ0n) is 15.3. The average molecular weight is 423 g/mol. The van der Waals surface area contributed by atoms with Crippen LogP contribution in [-0.2, 0) is 6.18 Å². The van der Waals surface area contributed by atoms with E-state index in [1.54, 1.807) is 12.1 Å². The molecule has 0 atom stereocenters. The molecule has 0 aliphatic carbocycles. The van der Waals surface area contributed by atoms with Gasteiger partial charge in [-0.05, 0) is 24.3 Å². The fourth-order valence-electron chi connectivity index (χ4n) is 2.51. The number of benzene rings is 2. The fourth-order valence-corrected chi connectivity index (χ4v) is 2.98. The first-order valence-corrected chi connectivity index (χ1v) is 8.98. The summed E-state index contributed by atoms with van der Waals surface area (Å²) in [5.41, 5.74) is -1.44. The normalized spacial score (nSPS) is 11.2. The number of aromatic hydroxyl groups is 1. The number of para-hydroxylation sites is 1. The van der Waals surface area contributed by atoms with Gasteiger partial charge in [-0.1, -0.05) is 18.2 Å². The summed E-state index contributed by atoms with van der Waals surface area (Å²) in [6.07, 6.45) is -4.81. The number of nitrogens with zero attached hydrogens (tertiary/aromatic N) is 3. The largest absolute Gasteiger partial charge is 0.505 e. The van der Waals surface area contributed by atoms with Gasteiger partial charge in [-0.3, -0.25) is 4.79 Å². The van der Waals surface area contributed by atoms with Crippen LogP contribution in [0.25, 0.3) is 0 Å². The Balaban J connectivity index is 1.98. The molecule has 1 amide bonds. The maximum atomic E-state index is 13.3. The number of anilines is 4. The molecule has 0 bridgehead atoms. The lowest BCUT2D eigenvalue weighted by Crippen LogP contribution is -2.25. The van der Waals surface area contributed by atoms with E-state index in [4.69, 9.17) is 0 Å². The van der Waals surface area contributed by atoms with Gasteiger partial charge in [0, 0.05) is 19.8 Å². The van der Waals surface area contributed by atoms with Crippen molar-refractivity contribution in [1.82, 2.24) is 13.6 Å². The van der Waals surface area contributed by atoms with E-state index in [0.717, 1.165) is 34.4 Å². The van der Waals surface area contributed by atoms with Crippen molar-refractivity contribution in [3.05, 3.63) is 53.6 Å². The molecule has 0 aliphatic heterocycles. The molecule has 3 aromatic rings. The molecule has 3 rings (SSSR count). The van der Waals surface area contributed by atoms with E-state index < -0.39 is 29.0 Å². The number of halogens is 3. The molecule has 11 heteroatoms. The summed E-state index contributed by atoms with van der Waals surface area (Å²) in [6.45, 7) is 0. The number of amides is 1. The number of rotatable bonds is 5. The molecule has 0 saturated heterocycles. The summed E-state index contributed by atoms with van der Waals surface area (Å²) >= 11 is 0.872. The van der Waals surface area contributed by atoms with Crippen LogP contribution in [0.2, 0.25) is 0 Å². The van der Waals surface area contributed by atoms with Crippen LogP contribution >= 0.6 is 11.7 Å². The number of carbonyl (C=O) groups excluding carboxylic acids is 1. The number of aromatic nitrogens is 2. The van der Waals surface area contributed by atoms with Gasteiger partial charge in [0.05, 0.1) is 28.5 Å². The van der Waals surface area contributed by atoms with Gasteiger partial charge >= 0.3 is 6.18 Å². The number of phenols is 1. The third-order valence-corrected chi connectivity index (χ3v) is 4.41. The minimum atomic E-state index is -4.81. The van der Waals surface area contributed by atoms with E-state index in [1.165, 1.54) is 14.1 Å². The molecule has 1 aromatic heterocycles. The molecule has 0 fully saturated rings. The van der Waals surface area contributed by atoms with Crippen LogP contribution in [0.15, 0.2) is 42.5 Å². The second-order valence-electron chi connectivity index (χ2n) is 6.16. The van der Waals surface area contributed by atoms with E-state index in [0.29, 0.717) is 5.82 Å². The molecule has 29 heavy (non-hydrogen) atoms. The molecule has 3 N–H and O–H groups in total. The van der Waals surface area contributed by atoms with Crippen molar-refractivity contribution in [3.63, 3.8) is 0 Å². The number of alkyl halides is 3. The minimum absolute atomic E-state index is 0.105. The van der Waals surface area contributed by atoms with Crippen LogP contribution in [0.5, 0.6) is 5.75 Å². The third-order valence-electron chi connectivity index (χ3n) is 3.88. The smallest absolute Gasteiger partial charge is 0.417 e. The van der Waals surface area contributed by atoms with Gasteiger partial charge in [0.25, 0.3) is 5.91 Å². The minimum Gasteiger partial charge on any atom is -0.505 e. The van der Waals surface area contributed by atoms with E-state index >= 15 is 0 Å². The number of hydrogen-bond acceptors (Lipinski definition) is 7. The maximum absolute atomic E-state index is 13.3. The summed E-state index contributed by atoms with van der Waals surface area (Å²) in [5.74, 6) is -1.28.